The number of rotatable bonds is 6. The number of nitrogens with one attached hydrogen (secondary N) is 2. The number of nitrogens with two attached hydrogens (primary N) is 1. The summed E-state index contributed by atoms with van der Waals surface area (Å²) in [6.45, 7) is 0. The van der Waals surface area contributed by atoms with Gasteiger partial charge in [0.1, 0.15) is 4.21 Å². The van der Waals surface area contributed by atoms with Crippen molar-refractivity contribution in [3.8, 4) is 0 Å². The number of nitro groups is 1. The highest BCUT2D eigenvalue weighted by atomic mass is 32.2. The van der Waals surface area contributed by atoms with E-state index in [-0.39, 0.29) is 20.9 Å². The molecule has 0 radical (unpaired) electrons. The number of sulfonamides is 1. The van der Waals surface area contributed by atoms with Gasteiger partial charge in [0, 0.05) is 17.4 Å². The average Bonchev–Trinajstić information content (AvgIpc) is 3.04. The Labute approximate surface area is 130 Å². The molecule has 2 rings (SSSR count). The van der Waals surface area contributed by atoms with Crippen molar-refractivity contribution >= 4 is 43.8 Å². The first-order valence-corrected chi connectivity index (χ1v) is 9.76. The minimum absolute atomic E-state index is 0.0220. The lowest BCUT2D eigenvalue weighted by Gasteiger charge is -2.11. The second-order valence-corrected chi connectivity index (χ2v) is 8.80. The smallest absolute Gasteiger partial charge is 0.306 e. The number of hydrogen-bond donors (Lipinski definition) is 3. The molecule has 1 heterocycles. The number of thiophene rings is 1. The van der Waals surface area contributed by atoms with Crippen LogP contribution in [-0.2, 0) is 10.0 Å². The molecule has 0 aliphatic heterocycles. The molecule has 1 aliphatic carbocycles. The van der Waals surface area contributed by atoms with E-state index >= 15 is 0 Å². The van der Waals surface area contributed by atoms with E-state index in [1.54, 1.807) is 11.8 Å². The molecule has 21 heavy (non-hydrogen) atoms. The van der Waals surface area contributed by atoms with Crippen LogP contribution >= 0.6 is 23.1 Å². The number of thioether (sulfide) groups is 1. The molecule has 11 heteroatoms. The van der Waals surface area contributed by atoms with Crippen molar-refractivity contribution < 1.29 is 13.3 Å². The summed E-state index contributed by atoms with van der Waals surface area (Å²) >= 11 is 2.48. The van der Waals surface area contributed by atoms with Crippen LogP contribution in [0.4, 0.5) is 10.7 Å². The highest BCUT2D eigenvalue weighted by Crippen LogP contribution is 2.37. The molecule has 1 fully saturated rings. The monoisotopic (exact) mass is 352 g/mol. The topological polar surface area (TPSA) is 127 Å². The van der Waals surface area contributed by atoms with Crippen molar-refractivity contribution in [3.05, 3.63) is 16.2 Å². The normalized spacial score (nSPS) is 22.4. The fourth-order valence-corrected chi connectivity index (χ4v) is 5.60. The van der Waals surface area contributed by atoms with E-state index < -0.39 is 14.9 Å². The Balaban J connectivity index is 2.18. The number of hydrogen-bond acceptors (Lipinski definition) is 8. The summed E-state index contributed by atoms with van der Waals surface area (Å²) in [4.78, 5) is 10.2. The van der Waals surface area contributed by atoms with Crippen LogP contribution in [0.2, 0.25) is 0 Å². The Hall–Kier alpha value is -0.880. The summed E-state index contributed by atoms with van der Waals surface area (Å²) in [5.74, 6) is 5.18. The highest BCUT2D eigenvalue weighted by molar-refractivity contribution is 7.99. The highest BCUT2D eigenvalue weighted by Gasteiger charge is 2.31. The fraction of sp³-hybridized carbons (Fsp3) is 0.600. The van der Waals surface area contributed by atoms with E-state index in [1.165, 1.54) is 0 Å². The molecule has 1 aromatic heterocycles. The maximum Gasteiger partial charge on any atom is 0.306 e. The molecule has 2 unspecified atom stereocenters. The van der Waals surface area contributed by atoms with Gasteiger partial charge in [0.05, 0.1) is 4.92 Å². The SMILES string of the molecule is CSC1CCC(NS(=O)(=O)c2cc([N+](=O)[O-])c(NN)s2)C1. The number of anilines is 1. The summed E-state index contributed by atoms with van der Waals surface area (Å²) in [5, 5.41) is 11.3. The molecule has 4 N–H and O–H groups in total. The van der Waals surface area contributed by atoms with Crippen molar-refractivity contribution in [2.75, 3.05) is 11.7 Å². The molecule has 0 aromatic carbocycles. The molecule has 1 aliphatic rings. The Morgan fingerprint density at radius 3 is 2.71 bits per heavy atom. The van der Waals surface area contributed by atoms with E-state index in [1.807, 2.05) is 6.26 Å². The second kappa shape index (κ2) is 6.48. The Kier molecular flexibility index (Phi) is 5.09. The van der Waals surface area contributed by atoms with E-state index in [9.17, 15) is 18.5 Å². The van der Waals surface area contributed by atoms with Gasteiger partial charge in [0.2, 0.25) is 0 Å². The Bertz CT molecular complexity index is 630. The molecule has 1 saturated carbocycles. The number of nitrogens with zero attached hydrogens (tertiary/aromatic N) is 1. The quantitative estimate of drug-likeness (QED) is 0.402. The van der Waals surface area contributed by atoms with E-state index in [4.69, 9.17) is 5.84 Å². The summed E-state index contributed by atoms with van der Waals surface area (Å²) in [5.41, 5.74) is 1.82. The third kappa shape index (κ3) is 3.66. The van der Waals surface area contributed by atoms with Crippen molar-refractivity contribution in [2.45, 2.75) is 34.8 Å². The van der Waals surface area contributed by atoms with Gasteiger partial charge < -0.3 is 5.43 Å². The zero-order valence-corrected chi connectivity index (χ0v) is 13.7. The van der Waals surface area contributed by atoms with E-state index in [2.05, 4.69) is 10.1 Å². The van der Waals surface area contributed by atoms with Crippen molar-refractivity contribution in [1.82, 2.24) is 4.72 Å². The van der Waals surface area contributed by atoms with Gasteiger partial charge in [-0.3, -0.25) is 10.1 Å². The van der Waals surface area contributed by atoms with Crippen LogP contribution in [0.25, 0.3) is 0 Å². The summed E-state index contributed by atoms with van der Waals surface area (Å²) in [7, 11) is -3.76. The minimum Gasteiger partial charge on any atom is -0.310 e. The summed E-state index contributed by atoms with van der Waals surface area (Å²) in [6, 6.07) is 0.909. The van der Waals surface area contributed by atoms with Gasteiger partial charge in [0.15, 0.2) is 5.00 Å². The summed E-state index contributed by atoms with van der Waals surface area (Å²) in [6.07, 6.45) is 4.52. The number of hydrazine groups is 1. The van der Waals surface area contributed by atoms with Gasteiger partial charge in [-0.05, 0) is 25.5 Å². The number of nitrogen functional groups attached to an aromatic ring is 1. The predicted molar refractivity (Wildman–Crippen MR) is 84.0 cm³/mol. The van der Waals surface area contributed by atoms with Crippen molar-refractivity contribution in [2.24, 2.45) is 5.84 Å². The lowest BCUT2D eigenvalue weighted by molar-refractivity contribution is -0.383. The van der Waals surface area contributed by atoms with Gasteiger partial charge in [-0.25, -0.2) is 19.0 Å². The maximum absolute atomic E-state index is 12.3. The average molecular weight is 352 g/mol. The molecule has 1 aromatic rings. The molecule has 8 nitrogen and oxygen atoms in total. The molecule has 0 spiro atoms. The molecule has 118 valence electrons. The maximum atomic E-state index is 12.3. The summed E-state index contributed by atoms with van der Waals surface area (Å²) < 4.78 is 27.1. The standard InChI is InChI=1S/C10H16N4O4S3/c1-19-7-3-2-6(4-7)13-21(17,18)9-5-8(14(15)16)10(12-11)20-9/h5-7,12-13H,2-4,11H2,1H3. The third-order valence-electron chi connectivity index (χ3n) is 3.32. The minimum atomic E-state index is -3.76. The first kappa shape index (κ1) is 16.5. The molecule has 0 bridgehead atoms. The fourth-order valence-electron chi connectivity index (χ4n) is 2.27. The zero-order valence-electron chi connectivity index (χ0n) is 11.2. The molecule has 0 saturated heterocycles. The first-order valence-electron chi connectivity index (χ1n) is 6.17. The van der Waals surface area contributed by atoms with Crippen LogP contribution < -0.4 is 16.0 Å². The van der Waals surface area contributed by atoms with Crippen LogP contribution in [-0.4, -0.2) is 30.9 Å². The lowest BCUT2D eigenvalue weighted by atomic mass is 10.3. The van der Waals surface area contributed by atoms with E-state index in [0.717, 1.165) is 36.7 Å². The van der Waals surface area contributed by atoms with Gasteiger partial charge >= 0.3 is 5.69 Å². The lowest BCUT2D eigenvalue weighted by Crippen LogP contribution is -2.32. The van der Waals surface area contributed by atoms with Crippen LogP contribution in [0.5, 0.6) is 0 Å². The zero-order chi connectivity index (χ0) is 15.6. The molecular weight excluding hydrogens is 336 g/mol. The largest absolute Gasteiger partial charge is 0.310 e. The third-order valence-corrected chi connectivity index (χ3v) is 7.47. The van der Waals surface area contributed by atoms with Crippen molar-refractivity contribution in [1.29, 1.82) is 0 Å². The Morgan fingerprint density at radius 1 is 1.52 bits per heavy atom. The van der Waals surface area contributed by atoms with Crippen LogP contribution in [0.3, 0.4) is 0 Å². The van der Waals surface area contributed by atoms with Gasteiger partial charge in [-0.2, -0.15) is 11.8 Å². The van der Waals surface area contributed by atoms with Crippen LogP contribution in [0.15, 0.2) is 10.3 Å². The van der Waals surface area contributed by atoms with Crippen LogP contribution in [0, 0.1) is 10.1 Å². The van der Waals surface area contributed by atoms with Gasteiger partial charge in [0.25, 0.3) is 10.0 Å². The van der Waals surface area contributed by atoms with Crippen LogP contribution in [0.1, 0.15) is 19.3 Å². The molecule has 0 amide bonds. The van der Waals surface area contributed by atoms with Crippen molar-refractivity contribution in [3.63, 3.8) is 0 Å². The van der Waals surface area contributed by atoms with Gasteiger partial charge in [-0.15, -0.1) is 0 Å². The Morgan fingerprint density at radius 2 is 2.24 bits per heavy atom. The van der Waals surface area contributed by atoms with E-state index in [0.29, 0.717) is 5.25 Å². The molecular formula is C10H16N4O4S3. The first-order chi connectivity index (χ1) is 9.87. The van der Waals surface area contributed by atoms with Gasteiger partial charge in [-0.1, -0.05) is 11.3 Å². The second-order valence-electron chi connectivity index (χ2n) is 4.67. The molecule has 2 atom stereocenters. The predicted octanol–water partition coefficient (Wildman–Crippen LogP) is 1.50.